The number of hydrogen-bond acceptors (Lipinski definition) is 2. The van der Waals surface area contributed by atoms with E-state index in [1.165, 1.54) is 57.5 Å². The Morgan fingerprint density at radius 2 is 1.84 bits per heavy atom. The van der Waals surface area contributed by atoms with E-state index in [1.807, 2.05) is 6.07 Å². The maximum absolute atomic E-state index is 12.3. The van der Waals surface area contributed by atoms with Crippen molar-refractivity contribution in [2.75, 3.05) is 19.6 Å². The summed E-state index contributed by atoms with van der Waals surface area (Å²) in [5.41, 5.74) is 0.814. The largest absolute Gasteiger partial charge is 0.573 e. The molecule has 1 heterocycles. The lowest BCUT2D eigenvalue weighted by molar-refractivity contribution is -0.274. The summed E-state index contributed by atoms with van der Waals surface area (Å²) < 4.78 is 40.9. The van der Waals surface area contributed by atoms with E-state index in [2.05, 4.69) is 16.1 Å². The van der Waals surface area contributed by atoms with Crippen LogP contribution in [-0.2, 0) is 0 Å². The fraction of sp³-hybridized carbons (Fsp3) is 0.650. The molecule has 1 saturated heterocycles. The minimum atomic E-state index is -4.63. The van der Waals surface area contributed by atoms with Crippen molar-refractivity contribution in [1.29, 1.82) is 0 Å². The summed E-state index contributed by atoms with van der Waals surface area (Å²) >= 11 is 0. The molecule has 3 fully saturated rings. The van der Waals surface area contributed by atoms with Crippen molar-refractivity contribution in [3.8, 4) is 5.75 Å². The Labute approximate surface area is 147 Å². The summed E-state index contributed by atoms with van der Waals surface area (Å²) in [5.74, 6) is 3.09. The van der Waals surface area contributed by atoms with E-state index in [-0.39, 0.29) is 5.75 Å². The van der Waals surface area contributed by atoms with E-state index in [9.17, 15) is 13.2 Å². The number of nitrogens with zero attached hydrogens (tertiary/aromatic N) is 1. The molecule has 1 aliphatic heterocycles. The van der Waals surface area contributed by atoms with Gasteiger partial charge in [-0.05, 0) is 67.1 Å². The SMILES string of the molecule is FC(F)(F)Oc1cccc([CH]CC2C3CN(CC4CCCC4)CC23)c1. The van der Waals surface area contributed by atoms with E-state index in [0.717, 1.165) is 29.7 Å². The molecule has 1 radical (unpaired) electrons. The van der Waals surface area contributed by atoms with Crippen LogP contribution in [0.2, 0.25) is 0 Å². The fourth-order valence-electron chi connectivity index (χ4n) is 4.90. The van der Waals surface area contributed by atoms with Gasteiger partial charge in [0.15, 0.2) is 0 Å². The molecule has 3 aliphatic rings. The quantitative estimate of drug-likeness (QED) is 0.722. The van der Waals surface area contributed by atoms with Gasteiger partial charge in [-0.1, -0.05) is 25.0 Å². The second-order valence-electron chi connectivity index (χ2n) is 7.92. The fourth-order valence-corrected chi connectivity index (χ4v) is 4.90. The smallest absolute Gasteiger partial charge is 0.406 e. The summed E-state index contributed by atoms with van der Waals surface area (Å²) in [5, 5.41) is 0. The Balaban J connectivity index is 1.21. The monoisotopic (exact) mass is 352 g/mol. The van der Waals surface area contributed by atoms with Crippen LogP contribution in [0.3, 0.4) is 0 Å². The molecule has 1 aromatic carbocycles. The number of alkyl halides is 3. The molecule has 0 bridgehead atoms. The third-order valence-corrected chi connectivity index (χ3v) is 6.16. The summed E-state index contributed by atoms with van der Waals surface area (Å²) in [6.45, 7) is 3.72. The van der Waals surface area contributed by atoms with Crippen molar-refractivity contribution in [3.05, 3.63) is 36.2 Å². The lowest BCUT2D eigenvalue weighted by atomic mass is 10.0. The average molecular weight is 352 g/mol. The van der Waals surface area contributed by atoms with E-state index in [0.29, 0.717) is 5.92 Å². The lowest BCUT2D eigenvalue weighted by Gasteiger charge is -2.23. The molecule has 25 heavy (non-hydrogen) atoms. The lowest BCUT2D eigenvalue weighted by Crippen LogP contribution is -2.29. The third-order valence-electron chi connectivity index (χ3n) is 6.16. The van der Waals surface area contributed by atoms with Crippen molar-refractivity contribution >= 4 is 0 Å². The predicted octanol–water partition coefficient (Wildman–Crippen LogP) is 4.90. The van der Waals surface area contributed by atoms with Gasteiger partial charge in [-0.15, -0.1) is 13.2 Å². The van der Waals surface area contributed by atoms with Crippen LogP contribution in [0.25, 0.3) is 0 Å². The number of rotatable bonds is 6. The highest BCUT2D eigenvalue weighted by atomic mass is 19.4. The minimum Gasteiger partial charge on any atom is -0.406 e. The number of likely N-dealkylation sites (tertiary alicyclic amines) is 1. The average Bonchev–Trinajstić information content (AvgIpc) is 2.94. The third kappa shape index (κ3) is 4.30. The van der Waals surface area contributed by atoms with Gasteiger partial charge in [-0.3, -0.25) is 0 Å². The van der Waals surface area contributed by atoms with Gasteiger partial charge in [0, 0.05) is 19.6 Å². The van der Waals surface area contributed by atoms with Crippen LogP contribution in [0.1, 0.15) is 37.7 Å². The number of halogens is 3. The molecule has 5 heteroatoms. The van der Waals surface area contributed by atoms with Gasteiger partial charge in [0.1, 0.15) is 5.75 Å². The number of benzene rings is 1. The van der Waals surface area contributed by atoms with Gasteiger partial charge in [0.2, 0.25) is 0 Å². The van der Waals surface area contributed by atoms with Crippen LogP contribution < -0.4 is 4.74 Å². The molecule has 4 rings (SSSR count). The topological polar surface area (TPSA) is 12.5 Å². The van der Waals surface area contributed by atoms with Gasteiger partial charge in [-0.25, -0.2) is 0 Å². The molecule has 2 nitrogen and oxygen atoms in total. The first-order chi connectivity index (χ1) is 12.0. The van der Waals surface area contributed by atoms with Crippen molar-refractivity contribution in [3.63, 3.8) is 0 Å². The van der Waals surface area contributed by atoms with Crippen LogP contribution in [0, 0.1) is 30.1 Å². The zero-order valence-electron chi connectivity index (χ0n) is 14.3. The van der Waals surface area contributed by atoms with Gasteiger partial charge >= 0.3 is 6.36 Å². The molecule has 2 aliphatic carbocycles. The first-order valence-electron chi connectivity index (χ1n) is 9.39. The molecule has 0 aromatic heterocycles. The zero-order valence-corrected chi connectivity index (χ0v) is 14.3. The Morgan fingerprint density at radius 3 is 2.52 bits per heavy atom. The van der Waals surface area contributed by atoms with E-state index < -0.39 is 6.36 Å². The van der Waals surface area contributed by atoms with Gasteiger partial charge in [0.25, 0.3) is 0 Å². The van der Waals surface area contributed by atoms with Crippen molar-refractivity contribution < 1.29 is 17.9 Å². The molecular weight excluding hydrogens is 327 g/mol. The normalized spacial score (nSPS) is 29.8. The molecule has 1 aromatic rings. The standard InChI is InChI=1S/C20H25F3NO/c21-20(22,23)25-16-7-3-6-14(10-16)8-9-17-18-12-24(13-19(17)18)11-15-4-1-2-5-15/h3,6-8,10,15,17-19H,1-2,4-5,9,11-13H2. The predicted molar refractivity (Wildman–Crippen MR) is 90.0 cm³/mol. The number of hydrogen-bond donors (Lipinski definition) is 0. The summed E-state index contributed by atoms with van der Waals surface area (Å²) in [6.07, 6.45) is 4.00. The highest BCUT2D eigenvalue weighted by Crippen LogP contribution is 2.54. The van der Waals surface area contributed by atoms with Gasteiger partial charge < -0.3 is 9.64 Å². The number of fused-ring (bicyclic) bond motifs is 1. The van der Waals surface area contributed by atoms with Crippen LogP contribution in [-0.4, -0.2) is 30.9 Å². The highest BCUT2D eigenvalue weighted by Gasteiger charge is 2.54. The van der Waals surface area contributed by atoms with E-state index in [1.54, 1.807) is 6.07 Å². The molecule has 2 saturated carbocycles. The first kappa shape index (κ1) is 17.2. The molecular formula is C20H25F3NO. The van der Waals surface area contributed by atoms with E-state index >= 15 is 0 Å². The van der Waals surface area contributed by atoms with Gasteiger partial charge in [0.05, 0.1) is 0 Å². The summed E-state index contributed by atoms with van der Waals surface area (Å²) in [7, 11) is 0. The number of piperidine rings is 1. The van der Waals surface area contributed by atoms with Crippen LogP contribution in [0.4, 0.5) is 13.2 Å². The van der Waals surface area contributed by atoms with Crippen molar-refractivity contribution in [2.45, 2.75) is 38.5 Å². The Bertz CT molecular complexity index is 585. The van der Waals surface area contributed by atoms with E-state index in [4.69, 9.17) is 0 Å². The maximum atomic E-state index is 12.3. The molecule has 0 spiro atoms. The van der Waals surface area contributed by atoms with Gasteiger partial charge in [-0.2, -0.15) is 0 Å². The second kappa shape index (κ2) is 6.82. The van der Waals surface area contributed by atoms with Crippen molar-refractivity contribution in [2.24, 2.45) is 23.7 Å². The van der Waals surface area contributed by atoms with Crippen LogP contribution >= 0.6 is 0 Å². The van der Waals surface area contributed by atoms with Crippen LogP contribution in [0.5, 0.6) is 5.75 Å². The minimum absolute atomic E-state index is 0.139. The Kier molecular flexibility index (Phi) is 4.69. The summed E-state index contributed by atoms with van der Waals surface area (Å²) in [6, 6.07) is 6.27. The zero-order chi connectivity index (χ0) is 17.4. The molecule has 2 unspecified atom stereocenters. The second-order valence-corrected chi connectivity index (χ2v) is 7.92. The highest BCUT2D eigenvalue weighted by molar-refractivity contribution is 5.33. The summed E-state index contributed by atoms with van der Waals surface area (Å²) in [4.78, 5) is 2.64. The molecule has 0 N–H and O–H groups in total. The van der Waals surface area contributed by atoms with Crippen LogP contribution in [0.15, 0.2) is 24.3 Å². The number of ether oxygens (including phenoxy) is 1. The molecule has 0 amide bonds. The first-order valence-corrected chi connectivity index (χ1v) is 9.39. The molecule has 2 atom stereocenters. The van der Waals surface area contributed by atoms with Crippen molar-refractivity contribution in [1.82, 2.24) is 4.90 Å². The maximum Gasteiger partial charge on any atom is 0.573 e. The Hall–Kier alpha value is -1.23. The molecule has 137 valence electrons. The Morgan fingerprint density at radius 1 is 1.12 bits per heavy atom.